The molecular formula is C48H65NO7S. The normalized spacial score (nSPS) is 39.2. The molecule has 310 valence electrons. The van der Waals surface area contributed by atoms with Crippen LogP contribution in [0.1, 0.15) is 119 Å². The van der Waals surface area contributed by atoms with Crippen LogP contribution in [0.25, 0.3) is 0 Å². The number of hydrogen-bond donors (Lipinski definition) is 2. The molecule has 9 heteroatoms. The van der Waals surface area contributed by atoms with E-state index in [4.69, 9.17) is 14.2 Å². The lowest BCUT2D eigenvalue weighted by Crippen LogP contribution is -2.67. The Morgan fingerprint density at radius 3 is 2.39 bits per heavy atom. The molecule has 0 saturated heterocycles. The summed E-state index contributed by atoms with van der Waals surface area (Å²) in [6.45, 7) is 13.7. The van der Waals surface area contributed by atoms with E-state index in [9.17, 15) is 19.8 Å². The fourth-order valence-corrected chi connectivity index (χ4v) is 14.3. The van der Waals surface area contributed by atoms with E-state index < -0.39 is 28.6 Å². The summed E-state index contributed by atoms with van der Waals surface area (Å²) in [7, 11) is 3.25. The van der Waals surface area contributed by atoms with Crippen molar-refractivity contribution in [2.24, 2.45) is 51.2 Å². The Labute approximate surface area is 344 Å². The second kappa shape index (κ2) is 14.5. The summed E-state index contributed by atoms with van der Waals surface area (Å²) < 4.78 is 17.9. The highest BCUT2D eigenvalue weighted by atomic mass is 32.1. The molecule has 57 heavy (non-hydrogen) atoms. The van der Waals surface area contributed by atoms with Gasteiger partial charge in [-0.1, -0.05) is 59.3 Å². The Bertz CT molecular complexity index is 1950. The van der Waals surface area contributed by atoms with Crippen molar-refractivity contribution in [1.82, 2.24) is 4.90 Å². The summed E-state index contributed by atoms with van der Waals surface area (Å²) in [5.74, 6) is 2.66. The number of benzene rings is 1. The third-order valence-electron chi connectivity index (χ3n) is 16.7. The fraction of sp³-hybridized carbons (Fsp3) is 0.667. The predicted octanol–water partition coefficient (Wildman–Crippen LogP) is 9.95. The van der Waals surface area contributed by atoms with Crippen molar-refractivity contribution >= 4 is 23.2 Å². The Balaban J connectivity index is 1.18. The van der Waals surface area contributed by atoms with Crippen molar-refractivity contribution in [3.05, 3.63) is 69.5 Å². The topological polar surface area (TPSA) is 106 Å². The number of aryl methyl sites for hydroxylation is 1. The molecule has 1 unspecified atom stereocenters. The molecule has 1 aromatic carbocycles. The Hall–Kier alpha value is -3.14. The van der Waals surface area contributed by atoms with Gasteiger partial charge in [-0.15, -0.1) is 11.3 Å². The van der Waals surface area contributed by atoms with Gasteiger partial charge < -0.3 is 29.3 Å². The van der Waals surface area contributed by atoms with Gasteiger partial charge in [-0.25, -0.2) is 4.79 Å². The van der Waals surface area contributed by atoms with Gasteiger partial charge in [-0.05, 0) is 124 Å². The predicted molar refractivity (Wildman–Crippen MR) is 224 cm³/mol. The Morgan fingerprint density at radius 2 is 1.68 bits per heavy atom. The number of thiophene rings is 1. The summed E-state index contributed by atoms with van der Waals surface area (Å²) in [6, 6.07) is 9.64. The zero-order valence-corrected chi connectivity index (χ0v) is 36.3. The standard InChI is InChI=1S/C48H65NO7S/c1-29(2)35-13-9-30(3)23-38(35)56-43(52)49(27-32-11-12-34(54-7)24-37(32)55-8)28-47(53)20-17-41-45(47,6)19-16-40-44(5)18-15-33(50)25-46(44)21-22-48(40,41)36(26-46)42(51)39-14-10-31(4)57-39/h10-12,14,21-22,24,26,29-30,33,35,38,40-41,50,53H,9,13,15-20,23,25,27-28H2,1-8H3/t30-,33?,35+,38-,40+,41+,44+,45-,46-,47+,48+/m0/s1. The first kappa shape index (κ1) is 40.6. The van der Waals surface area contributed by atoms with Gasteiger partial charge in [-0.3, -0.25) is 4.79 Å². The minimum absolute atomic E-state index is 0.0267. The summed E-state index contributed by atoms with van der Waals surface area (Å²) in [5, 5.41) is 24.5. The van der Waals surface area contributed by atoms with E-state index in [2.05, 4.69) is 52.8 Å². The smallest absolute Gasteiger partial charge is 0.410 e. The highest BCUT2D eigenvalue weighted by molar-refractivity contribution is 7.14. The molecular weight excluding hydrogens is 735 g/mol. The Kier molecular flexibility index (Phi) is 10.4. The third-order valence-corrected chi connectivity index (χ3v) is 17.7. The lowest BCUT2D eigenvalue weighted by molar-refractivity contribution is -0.175. The minimum Gasteiger partial charge on any atom is -0.497 e. The van der Waals surface area contributed by atoms with E-state index in [0.29, 0.717) is 36.2 Å². The highest BCUT2D eigenvalue weighted by Crippen LogP contribution is 2.78. The van der Waals surface area contributed by atoms with Gasteiger partial charge in [0.1, 0.15) is 17.6 Å². The van der Waals surface area contributed by atoms with Crippen LogP contribution >= 0.6 is 11.3 Å². The fourth-order valence-electron chi connectivity index (χ4n) is 13.4. The van der Waals surface area contributed by atoms with Crippen LogP contribution < -0.4 is 9.47 Å². The molecule has 2 spiro atoms. The minimum atomic E-state index is -1.25. The molecule has 8 nitrogen and oxygen atoms in total. The lowest BCUT2D eigenvalue weighted by Gasteiger charge is -2.71. The number of carbonyl (C=O) groups excluding carboxylic acids is 2. The molecule has 2 aromatic rings. The number of aliphatic hydroxyl groups is 2. The van der Waals surface area contributed by atoms with Gasteiger partial charge in [0.25, 0.3) is 0 Å². The zero-order valence-electron chi connectivity index (χ0n) is 35.4. The molecule has 9 rings (SSSR count). The summed E-state index contributed by atoms with van der Waals surface area (Å²) >= 11 is 1.55. The Morgan fingerprint density at radius 1 is 0.947 bits per heavy atom. The van der Waals surface area contributed by atoms with Gasteiger partial charge in [0.2, 0.25) is 0 Å². The van der Waals surface area contributed by atoms with Crippen molar-refractivity contribution in [3.8, 4) is 11.5 Å². The van der Waals surface area contributed by atoms with E-state index in [1.54, 1.807) is 30.5 Å². The number of allylic oxidation sites excluding steroid dienone is 4. The number of rotatable bonds is 10. The summed E-state index contributed by atoms with van der Waals surface area (Å²) in [6.07, 6.45) is 14.2. The lowest BCUT2D eigenvalue weighted by atomic mass is 9.32. The summed E-state index contributed by atoms with van der Waals surface area (Å²) in [5.41, 5.74) is -1.27. The first-order chi connectivity index (χ1) is 27.0. The quantitative estimate of drug-likeness (QED) is 0.182. The second-order valence-corrected chi connectivity index (χ2v) is 21.1. The number of ketones is 1. The van der Waals surface area contributed by atoms with Crippen molar-refractivity contribution in [2.45, 2.75) is 130 Å². The number of hydrogen-bond acceptors (Lipinski definition) is 8. The van der Waals surface area contributed by atoms with Crippen molar-refractivity contribution in [2.75, 3.05) is 20.8 Å². The van der Waals surface area contributed by atoms with Crippen LogP contribution in [0.2, 0.25) is 0 Å². The van der Waals surface area contributed by atoms with Gasteiger partial charge in [0.05, 0.1) is 43.9 Å². The van der Waals surface area contributed by atoms with Gasteiger partial charge >= 0.3 is 6.09 Å². The van der Waals surface area contributed by atoms with E-state index >= 15 is 0 Å². The van der Waals surface area contributed by atoms with Crippen LogP contribution in [-0.2, 0) is 11.3 Å². The van der Waals surface area contributed by atoms with E-state index in [-0.39, 0.29) is 53.6 Å². The average molecular weight is 800 g/mol. The van der Waals surface area contributed by atoms with E-state index in [1.807, 2.05) is 37.3 Å². The molecule has 1 aromatic heterocycles. The number of methoxy groups -OCH3 is 2. The molecule has 2 N–H and O–H groups in total. The molecule has 1 heterocycles. The summed E-state index contributed by atoms with van der Waals surface area (Å²) in [4.78, 5) is 33.2. The van der Waals surface area contributed by atoms with Crippen LogP contribution in [0.4, 0.5) is 4.79 Å². The molecule has 2 bridgehead atoms. The number of Topliss-reactive ketones (excluding diaryl/α,β-unsaturated/α-hetero) is 1. The number of aliphatic hydroxyl groups excluding tert-OH is 1. The van der Waals surface area contributed by atoms with Crippen molar-refractivity contribution < 1.29 is 34.0 Å². The highest BCUT2D eigenvalue weighted by Gasteiger charge is 2.74. The SMILES string of the molecule is COc1ccc(CN(C[C@]2(O)CC[C@H]3[C@]45C=C[C@@]6(C=C4C(=O)c4ccc(C)s4)CC(O)CC[C@]6(C)[C@H]5CC[C@@]32C)C(=O)O[C@H]2C[C@@H](C)CC[C@@H]2C(C)C)c(OC)c1. The molecule has 11 atom stereocenters. The molecule has 1 amide bonds. The molecule has 0 radical (unpaired) electrons. The number of carbonyl (C=O) groups is 2. The number of amides is 1. The molecule has 7 aliphatic carbocycles. The number of fused-ring (bicyclic) bond motifs is 1. The first-order valence-electron chi connectivity index (χ1n) is 21.6. The maximum Gasteiger partial charge on any atom is 0.410 e. The maximum atomic E-state index is 14.9. The average Bonchev–Trinajstić information content (AvgIpc) is 3.73. The van der Waals surface area contributed by atoms with Crippen LogP contribution in [-0.4, -0.2) is 65.6 Å². The molecule has 0 aliphatic heterocycles. The molecule has 4 fully saturated rings. The molecule has 7 aliphatic rings. The monoisotopic (exact) mass is 799 g/mol. The number of ether oxygens (including phenoxy) is 3. The largest absolute Gasteiger partial charge is 0.497 e. The van der Waals surface area contributed by atoms with Gasteiger partial charge in [0, 0.05) is 38.3 Å². The first-order valence-corrected chi connectivity index (χ1v) is 22.5. The van der Waals surface area contributed by atoms with Crippen molar-refractivity contribution in [3.63, 3.8) is 0 Å². The third kappa shape index (κ3) is 6.25. The van der Waals surface area contributed by atoms with Gasteiger partial charge in [0.15, 0.2) is 5.78 Å². The van der Waals surface area contributed by atoms with Crippen LogP contribution in [0, 0.1) is 58.2 Å². The van der Waals surface area contributed by atoms with E-state index in [1.165, 1.54) is 0 Å². The van der Waals surface area contributed by atoms with Crippen LogP contribution in [0.3, 0.4) is 0 Å². The van der Waals surface area contributed by atoms with Crippen molar-refractivity contribution in [1.29, 1.82) is 0 Å². The molecule has 4 saturated carbocycles. The maximum absolute atomic E-state index is 14.9. The van der Waals surface area contributed by atoms with E-state index in [0.717, 1.165) is 72.3 Å². The van der Waals surface area contributed by atoms with Gasteiger partial charge in [-0.2, -0.15) is 0 Å². The second-order valence-electron chi connectivity index (χ2n) is 19.8. The van der Waals surface area contributed by atoms with Crippen LogP contribution in [0.15, 0.2) is 54.1 Å². The van der Waals surface area contributed by atoms with Crippen LogP contribution in [0.5, 0.6) is 11.5 Å². The zero-order chi connectivity index (χ0) is 40.7. The number of nitrogens with zero attached hydrogens (tertiary/aromatic N) is 1.